The molecule has 0 spiro atoms. The number of nitrogens with one attached hydrogen (secondary N) is 1. The molecular weight excluding hydrogens is 266 g/mol. The van der Waals surface area contributed by atoms with Gasteiger partial charge in [-0.15, -0.1) is 0 Å². The molecule has 1 aromatic heterocycles. The number of benzene rings is 1. The Bertz CT molecular complexity index is 633. The van der Waals surface area contributed by atoms with Crippen LogP contribution in [0.4, 0.5) is 5.82 Å². The van der Waals surface area contributed by atoms with Gasteiger partial charge in [0.25, 0.3) is 0 Å². The van der Waals surface area contributed by atoms with Crippen LogP contribution in [0.3, 0.4) is 0 Å². The molecule has 0 saturated heterocycles. The van der Waals surface area contributed by atoms with Gasteiger partial charge in [0.05, 0.1) is 11.6 Å². The topological polar surface area (TPSA) is 64.1 Å². The number of hydrogen-bond donors (Lipinski definition) is 1. The Balaban J connectivity index is 1.92. The number of nitrogens with zero attached hydrogens (tertiary/aromatic N) is 2. The fourth-order valence-electron chi connectivity index (χ4n) is 2.04. The number of fused-ring (bicyclic) bond motifs is 1. The molecule has 0 radical (unpaired) electrons. The van der Waals surface area contributed by atoms with Crippen molar-refractivity contribution in [2.45, 2.75) is 6.04 Å². The fourth-order valence-corrected chi connectivity index (χ4v) is 2.22. The van der Waals surface area contributed by atoms with E-state index >= 15 is 0 Å². The molecule has 2 heterocycles. The number of carbonyl (C=O) groups is 1. The number of ether oxygens (including phenoxy) is 1. The normalized spacial score (nSPS) is 16.6. The third kappa shape index (κ3) is 2.13. The molecule has 5 nitrogen and oxygen atoms in total. The third-order valence-corrected chi connectivity index (χ3v) is 3.27. The van der Waals surface area contributed by atoms with Crippen molar-refractivity contribution in [3.8, 4) is 5.75 Å². The molecule has 1 aliphatic rings. The molecule has 0 aliphatic carbocycles. The molecule has 1 N–H and O–H groups in total. The Labute approximate surface area is 114 Å². The zero-order valence-electron chi connectivity index (χ0n) is 9.84. The Morgan fingerprint density at radius 1 is 1.37 bits per heavy atom. The highest BCUT2D eigenvalue weighted by molar-refractivity contribution is 6.32. The van der Waals surface area contributed by atoms with E-state index in [1.165, 1.54) is 6.33 Å². The monoisotopic (exact) mass is 275 g/mol. The van der Waals surface area contributed by atoms with E-state index in [-0.39, 0.29) is 16.8 Å². The van der Waals surface area contributed by atoms with Gasteiger partial charge in [-0.25, -0.2) is 9.97 Å². The van der Waals surface area contributed by atoms with Gasteiger partial charge in [-0.05, 0) is 6.07 Å². The second-order valence-electron chi connectivity index (χ2n) is 4.09. The predicted molar refractivity (Wildman–Crippen MR) is 70.7 cm³/mol. The Morgan fingerprint density at radius 3 is 3.05 bits per heavy atom. The average molecular weight is 276 g/mol. The molecular formula is C13H10ClN3O2. The average Bonchev–Trinajstić information content (AvgIpc) is 2.83. The van der Waals surface area contributed by atoms with Gasteiger partial charge in [-0.1, -0.05) is 29.8 Å². The van der Waals surface area contributed by atoms with Crippen molar-refractivity contribution in [3.05, 3.63) is 46.9 Å². The molecule has 0 bridgehead atoms. The lowest BCUT2D eigenvalue weighted by Crippen LogP contribution is -2.14. The van der Waals surface area contributed by atoms with Gasteiger partial charge in [0.15, 0.2) is 6.29 Å². The first-order chi connectivity index (χ1) is 9.29. The maximum Gasteiger partial charge on any atom is 0.156 e. The summed E-state index contributed by atoms with van der Waals surface area (Å²) in [6, 6.07) is 7.68. The number of aldehydes is 1. The zero-order chi connectivity index (χ0) is 13.2. The van der Waals surface area contributed by atoms with E-state index in [1.807, 2.05) is 24.3 Å². The molecule has 1 aromatic carbocycles. The van der Waals surface area contributed by atoms with Crippen LogP contribution in [0.25, 0.3) is 0 Å². The van der Waals surface area contributed by atoms with Crippen molar-refractivity contribution in [1.82, 2.24) is 9.97 Å². The second kappa shape index (κ2) is 4.85. The maximum absolute atomic E-state index is 11.0. The first kappa shape index (κ1) is 11.9. The van der Waals surface area contributed by atoms with Crippen molar-refractivity contribution in [2.24, 2.45) is 0 Å². The summed E-state index contributed by atoms with van der Waals surface area (Å²) in [5.41, 5.74) is 1.29. The molecule has 96 valence electrons. The quantitative estimate of drug-likeness (QED) is 0.689. The van der Waals surface area contributed by atoms with Gasteiger partial charge in [-0.2, -0.15) is 0 Å². The van der Waals surface area contributed by atoms with Gasteiger partial charge in [-0.3, -0.25) is 4.79 Å². The van der Waals surface area contributed by atoms with Gasteiger partial charge in [0, 0.05) is 5.56 Å². The summed E-state index contributed by atoms with van der Waals surface area (Å²) in [6.45, 7) is 0.485. The van der Waals surface area contributed by atoms with Gasteiger partial charge < -0.3 is 10.1 Å². The van der Waals surface area contributed by atoms with Crippen molar-refractivity contribution in [1.29, 1.82) is 0 Å². The van der Waals surface area contributed by atoms with Crippen LogP contribution in [0.5, 0.6) is 5.75 Å². The van der Waals surface area contributed by atoms with Gasteiger partial charge in [0.2, 0.25) is 0 Å². The molecule has 0 fully saturated rings. The Hall–Kier alpha value is -2.14. The van der Waals surface area contributed by atoms with Crippen molar-refractivity contribution < 1.29 is 9.53 Å². The number of aromatic nitrogens is 2. The number of para-hydroxylation sites is 1. The lowest BCUT2D eigenvalue weighted by molar-refractivity contribution is 0.112. The minimum atomic E-state index is -0.0548. The van der Waals surface area contributed by atoms with Crippen molar-refractivity contribution >= 4 is 23.7 Å². The minimum Gasteiger partial charge on any atom is -0.491 e. The summed E-state index contributed by atoms with van der Waals surface area (Å²) < 4.78 is 5.56. The van der Waals surface area contributed by atoms with Crippen LogP contribution in [-0.2, 0) is 0 Å². The van der Waals surface area contributed by atoms with Crippen LogP contribution < -0.4 is 10.1 Å². The van der Waals surface area contributed by atoms with E-state index in [9.17, 15) is 4.79 Å². The molecule has 2 aromatic rings. The van der Waals surface area contributed by atoms with Crippen molar-refractivity contribution in [3.63, 3.8) is 0 Å². The SMILES string of the molecule is O=Cc1c(Cl)ncnc1NC1COc2ccccc21. The smallest absolute Gasteiger partial charge is 0.156 e. The Morgan fingerprint density at radius 2 is 2.21 bits per heavy atom. The highest BCUT2D eigenvalue weighted by Crippen LogP contribution is 2.34. The first-order valence-electron chi connectivity index (χ1n) is 5.73. The summed E-state index contributed by atoms with van der Waals surface area (Å²) in [4.78, 5) is 18.9. The van der Waals surface area contributed by atoms with Crippen LogP contribution in [0.15, 0.2) is 30.6 Å². The Kier molecular flexibility index (Phi) is 3.05. The third-order valence-electron chi connectivity index (χ3n) is 2.96. The number of rotatable bonds is 3. The van der Waals surface area contributed by atoms with Crippen LogP contribution in [-0.4, -0.2) is 22.9 Å². The summed E-state index contributed by atoms with van der Waals surface area (Å²) in [7, 11) is 0. The number of carbonyl (C=O) groups excluding carboxylic acids is 1. The van der Waals surface area contributed by atoms with Gasteiger partial charge >= 0.3 is 0 Å². The van der Waals surface area contributed by atoms with E-state index in [1.54, 1.807) is 0 Å². The molecule has 1 aliphatic heterocycles. The lowest BCUT2D eigenvalue weighted by Gasteiger charge is -2.13. The van der Waals surface area contributed by atoms with Crippen LogP contribution in [0.1, 0.15) is 22.0 Å². The van der Waals surface area contributed by atoms with E-state index in [4.69, 9.17) is 16.3 Å². The highest BCUT2D eigenvalue weighted by Gasteiger charge is 2.24. The molecule has 6 heteroatoms. The first-order valence-corrected chi connectivity index (χ1v) is 6.11. The molecule has 0 saturated carbocycles. The fraction of sp³-hybridized carbons (Fsp3) is 0.154. The van der Waals surface area contributed by atoms with E-state index in [2.05, 4.69) is 15.3 Å². The second-order valence-corrected chi connectivity index (χ2v) is 4.45. The molecule has 3 rings (SSSR count). The molecule has 19 heavy (non-hydrogen) atoms. The molecule has 1 atom stereocenters. The summed E-state index contributed by atoms with van der Waals surface area (Å²) in [5, 5.41) is 3.30. The highest BCUT2D eigenvalue weighted by atomic mass is 35.5. The number of anilines is 1. The standard InChI is InChI=1S/C13H10ClN3O2/c14-12-9(5-18)13(16-7-15-12)17-10-6-19-11-4-2-1-3-8(10)11/h1-5,7,10H,6H2,(H,15,16,17). The van der Waals surface area contributed by atoms with E-state index in [0.717, 1.165) is 11.3 Å². The maximum atomic E-state index is 11.0. The number of halogens is 1. The van der Waals surface area contributed by atoms with E-state index in [0.29, 0.717) is 18.7 Å². The van der Waals surface area contributed by atoms with Crippen LogP contribution in [0.2, 0.25) is 5.15 Å². The lowest BCUT2D eigenvalue weighted by atomic mass is 10.1. The van der Waals surface area contributed by atoms with E-state index < -0.39 is 0 Å². The summed E-state index contributed by atoms with van der Waals surface area (Å²) in [5.74, 6) is 1.26. The minimum absolute atomic E-state index is 0.0548. The molecule has 1 unspecified atom stereocenters. The zero-order valence-corrected chi connectivity index (χ0v) is 10.6. The number of hydrogen-bond acceptors (Lipinski definition) is 5. The van der Waals surface area contributed by atoms with Crippen LogP contribution in [0, 0.1) is 0 Å². The summed E-state index contributed by atoms with van der Waals surface area (Å²) in [6.07, 6.45) is 1.96. The van der Waals surface area contributed by atoms with Crippen LogP contribution >= 0.6 is 11.6 Å². The summed E-state index contributed by atoms with van der Waals surface area (Å²) >= 11 is 5.86. The van der Waals surface area contributed by atoms with Crippen molar-refractivity contribution in [2.75, 3.05) is 11.9 Å². The largest absolute Gasteiger partial charge is 0.491 e. The van der Waals surface area contributed by atoms with Gasteiger partial charge in [0.1, 0.15) is 29.7 Å². The predicted octanol–water partition coefficient (Wildman–Crippen LogP) is 2.49. The molecule has 0 amide bonds.